The van der Waals surface area contributed by atoms with E-state index in [2.05, 4.69) is 16.8 Å². The number of carbonyl (C=O) groups is 1. The number of aromatic carboxylic acids is 1. The summed E-state index contributed by atoms with van der Waals surface area (Å²) in [5, 5.41) is 8.94. The summed E-state index contributed by atoms with van der Waals surface area (Å²) in [6, 6.07) is 5.16. The SMILES string of the molecule is CCCOC[C@@H]1CCN(Cc2cccc(C(=O)O)n2)C1. The van der Waals surface area contributed by atoms with Gasteiger partial charge in [-0.25, -0.2) is 9.78 Å². The Labute approximate surface area is 119 Å². The van der Waals surface area contributed by atoms with Gasteiger partial charge in [0.05, 0.1) is 12.3 Å². The van der Waals surface area contributed by atoms with Crippen LogP contribution in [0.15, 0.2) is 18.2 Å². The largest absolute Gasteiger partial charge is 0.477 e. The van der Waals surface area contributed by atoms with E-state index in [4.69, 9.17) is 9.84 Å². The number of likely N-dealkylation sites (tertiary alicyclic amines) is 1. The van der Waals surface area contributed by atoms with Crippen LogP contribution < -0.4 is 0 Å². The summed E-state index contributed by atoms with van der Waals surface area (Å²) in [6.07, 6.45) is 2.20. The third kappa shape index (κ3) is 4.28. The Balaban J connectivity index is 1.82. The van der Waals surface area contributed by atoms with Gasteiger partial charge >= 0.3 is 5.97 Å². The van der Waals surface area contributed by atoms with Gasteiger partial charge in [-0.05, 0) is 37.4 Å². The van der Waals surface area contributed by atoms with Gasteiger partial charge in [0.1, 0.15) is 5.69 Å². The van der Waals surface area contributed by atoms with Crippen LogP contribution in [0.2, 0.25) is 0 Å². The maximum absolute atomic E-state index is 10.9. The maximum Gasteiger partial charge on any atom is 0.354 e. The molecule has 1 fully saturated rings. The van der Waals surface area contributed by atoms with Crippen LogP contribution in [-0.2, 0) is 11.3 Å². The molecule has 0 unspecified atom stereocenters. The van der Waals surface area contributed by atoms with E-state index in [9.17, 15) is 4.79 Å². The molecule has 5 nitrogen and oxygen atoms in total. The summed E-state index contributed by atoms with van der Waals surface area (Å²) in [5.74, 6) is -0.386. The Bertz CT molecular complexity index is 450. The smallest absolute Gasteiger partial charge is 0.354 e. The number of hydrogen-bond donors (Lipinski definition) is 1. The molecular formula is C15H22N2O3. The fraction of sp³-hybridized carbons (Fsp3) is 0.600. The lowest BCUT2D eigenvalue weighted by Crippen LogP contribution is -2.22. The van der Waals surface area contributed by atoms with E-state index in [0.717, 1.165) is 44.8 Å². The average molecular weight is 278 g/mol. The van der Waals surface area contributed by atoms with Crippen molar-refractivity contribution in [2.24, 2.45) is 5.92 Å². The van der Waals surface area contributed by atoms with Crippen LogP contribution in [0.5, 0.6) is 0 Å². The molecule has 2 rings (SSSR count). The first-order valence-electron chi connectivity index (χ1n) is 7.18. The van der Waals surface area contributed by atoms with Gasteiger partial charge in [0.25, 0.3) is 0 Å². The van der Waals surface area contributed by atoms with Gasteiger partial charge in [0.2, 0.25) is 0 Å². The first kappa shape index (κ1) is 14.9. The van der Waals surface area contributed by atoms with Crippen LogP contribution in [0.3, 0.4) is 0 Å². The van der Waals surface area contributed by atoms with Gasteiger partial charge in [-0.3, -0.25) is 4.90 Å². The highest BCUT2D eigenvalue weighted by Gasteiger charge is 2.23. The number of carboxylic acids is 1. The molecule has 1 saturated heterocycles. The van der Waals surface area contributed by atoms with Crippen LogP contribution in [-0.4, -0.2) is 47.3 Å². The van der Waals surface area contributed by atoms with E-state index < -0.39 is 5.97 Å². The summed E-state index contributed by atoms with van der Waals surface area (Å²) in [5.41, 5.74) is 0.935. The number of aromatic nitrogens is 1. The number of nitrogens with zero attached hydrogens (tertiary/aromatic N) is 2. The van der Waals surface area contributed by atoms with Crippen LogP contribution in [0.4, 0.5) is 0 Å². The molecule has 20 heavy (non-hydrogen) atoms. The van der Waals surface area contributed by atoms with E-state index >= 15 is 0 Å². The summed E-state index contributed by atoms with van der Waals surface area (Å²) >= 11 is 0. The molecule has 1 N–H and O–H groups in total. The Morgan fingerprint density at radius 2 is 2.40 bits per heavy atom. The van der Waals surface area contributed by atoms with Crippen LogP contribution in [0, 0.1) is 5.92 Å². The molecule has 0 radical (unpaired) electrons. The molecule has 0 bridgehead atoms. The van der Waals surface area contributed by atoms with Crippen molar-refractivity contribution in [3.63, 3.8) is 0 Å². The Hall–Kier alpha value is -1.46. The summed E-state index contributed by atoms with van der Waals surface area (Å²) in [7, 11) is 0. The van der Waals surface area contributed by atoms with Crippen molar-refractivity contribution in [3.8, 4) is 0 Å². The van der Waals surface area contributed by atoms with Crippen molar-refractivity contribution in [3.05, 3.63) is 29.6 Å². The zero-order valence-electron chi connectivity index (χ0n) is 11.9. The fourth-order valence-electron chi connectivity index (χ4n) is 2.50. The van der Waals surface area contributed by atoms with Crippen LogP contribution >= 0.6 is 0 Å². The zero-order valence-corrected chi connectivity index (χ0v) is 11.9. The molecule has 0 aliphatic carbocycles. The van der Waals surface area contributed by atoms with Crippen molar-refractivity contribution in [1.82, 2.24) is 9.88 Å². The van der Waals surface area contributed by atoms with Gasteiger partial charge in [0.15, 0.2) is 0 Å². The lowest BCUT2D eigenvalue weighted by atomic mass is 10.1. The van der Waals surface area contributed by atoms with E-state index in [1.54, 1.807) is 6.07 Å². The third-order valence-electron chi connectivity index (χ3n) is 3.48. The first-order valence-corrected chi connectivity index (χ1v) is 7.18. The van der Waals surface area contributed by atoms with Crippen molar-refractivity contribution in [1.29, 1.82) is 0 Å². The molecule has 1 aliphatic rings. The quantitative estimate of drug-likeness (QED) is 0.773. The number of pyridine rings is 1. The zero-order chi connectivity index (χ0) is 14.4. The van der Waals surface area contributed by atoms with Gasteiger partial charge in [-0.1, -0.05) is 13.0 Å². The van der Waals surface area contributed by atoms with Crippen molar-refractivity contribution in [2.45, 2.75) is 26.3 Å². The fourth-order valence-corrected chi connectivity index (χ4v) is 2.50. The molecule has 0 aromatic carbocycles. The van der Waals surface area contributed by atoms with Gasteiger partial charge in [-0.2, -0.15) is 0 Å². The minimum Gasteiger partial charge on any atom is -0.477 e. The molecule has 5 heteroatoms. The maximum atomic E-state index is 10.9. The second kappa shape index (κ2) is 7.36. The van der Waals surface area contributed by atoms with Crippen LogP contribution in [0.25, 0.3) is 0 Å². The summed E-state index contributed by atoms with van der Waals surface area (Å²) in [4.78, 5) is 17.4. The summed E-state index contributed by atoms with van der Waals surface area (Å²) < 4.78 is 5.60. The summed E-state index contributed by atoms with van der Waals surface area (Å²) in [6.45, 7) is 6.51. The van der Waals surface area contributed by atoms with Crippen molar-refractivity contribution in [2.75, 3.05) is 26.3 Å². The highest BCUT2D eigenvalue weighted by Crippen LogP contribution is 2.18. The number of rotatable bonds is 7. The number of hydrogen-bond acceptors (Lipinski definition) is 4. The number of ether oxygens (including phenoxy) is 1. The van der Waals surface area contributed by atoms with Crippen LogP contribution in [0.1, 0.15) is 35.9 Å². The molecule has 2 heterocycles. The minimum atomic E-state index is -0.973. The number of carboxylic acid groups (broad SMARTS) is 1. The predicted octanol–water partition coefficient (Wildman–Crippen LogP) is 2.03. The highest BCUT2D eigenvalue weighted by molar-refractivity contribution is 5.85. The van der Waals surface area contributed by atoms with Gasteiger partial charge in [0, 0.05) is 19.7 Å². The van der Waals surface area contributed by atoms with Crippen molar-refractivity contribution >= 4 is 5.97 Å². The normalized spacial score (nSPS) is 19.4. The van der Waals surface area contributed by atoms with E-state index in [1.165, 1.54) is 6.07 Å². The molecule has 0 saturated carbocycles. The second-order valence-corrected chi connectivity index (χ2v) is 5.28. The van der Waals surface area contributed by atoms with E-state index in [-0.39, 0.29) is 5.69 Å². The topological polar surface area (TPSA) is 62.7 Å². The standard InChI is InChI=1S/C15H22N2O3/c1-2-8-20-11-12-6-7-17(9-12)10-13-4-3-5-14(16-13)15(18)19/h3-5,12H,2,6-11H2,1H3,(H,18,19)/t12-/m1/s1. The van der Waals surface area contributed by atoms with E-state index in [1.807, 2.05) is 6.07 Å². The van der Waals surface area contributed by atoms with Gasteiger partial charge in [-0.15, -0.1) is 0 Å². The average Bonchev–Trinajstić information content (AvgIpc) is 2.87. The molecule has 1 aliphatic heterocycles. The lowest BCUT2D eigenvalue weighted by molar-refractivity contribution is 0.0690. The molecule has 1 aromatic rings. The Morgan fingerprint density at radius 3 is 3.15 bits per heavy atom. The minimum absolute atomic E-state index is 0.115. The monoisotopic (exact) mass is 278 g/mol. The lowest BCUT2D eigenvalue weighted by Gasteiger charge is -2.15. The second-order valence-electron chi connectivity index (χ2n) is 5.28. The predicted molar refractivity (Wildman–Crippen MR) is 75.7 cm³/mol. The molecule has 1 atom stereocenters. The molecular weight excluding hydrogens is 256 g/mol. The Kier molecular flexibility index (Phi) is 5.49. The molecule has 110 valence electrons. The highest BCUT2D eigenvalue weighted by atomic mass is 16.5. The molecule has 1 aromatic heterocycles. The van der Waals surface area contributed by atoms with Gasteiger partial charge < -0.3 is 9.84 Å². The first-order chi connectivity index (χ1) is 9.69. The third-order valence-corrected chi connectivity index (χ3v) is 3.48. The molecule has 0 amide bonds. The van der Waals surface area contributed by atoms with Crippen molar-refractivity contribution < 1.29 is 14.6 Å². The van der Waals surface area contributed by atoms with E-state index in [0.29, 0.717) is 12.5 Å². The Morgan fingerprint density at radius 1 is 1.55 bits per heavy atom. The molecule has 0 spiro atoms.